The van der Waals surface area contributed by atoms with Crippen molar-refractivity contribution in [2.45, 2.75) is 25.9 Å². The van der Waals surface area contributed by atoms with Gasteiger partial charge in [-0.05, 0) is 24.8 Å². The fourth-order valence-corrected chi connectivity index (χ4v) is 2.05. The predicted octanol–water partition coefficient (Wildman–Crippen LogP) is 1.81. The van der Waals surface area contributed by atoms with E-state index in [0.29, 0.717) is 0 Å². The molecule has 1 heterocycles. The lowest BCUT2D eigenvalue weighted by molar-refractivity contribution is 0.281. The van der Waals surface area contributed by atoms with Gasteiger partial charge in [0.25, 0.3) is 0 Å². The van der Waals surface area contributed by atoms with Gasteiger partial charge in [0, 0.05) is 25.4 Å². The largest absolute Gasteiger partial charge is 0.392 e. The van der Waals surface area contributed by atoms with Crippen molar-refractivity contribution in [2.75, 3.05) is 18.5 Å². The topological polar surface area (TPSA) is 36.4 Å². The maximum absolute atomic E-state index is 9.22. The zero-order chi connectivity index (χ0) is 10.7. The highest BCUT2D eigenvalue weighted by molar-refractivity contribution is 5.50. The quantitative estimate of drug-likeness (QED) is 0.816. The van der Waals surface area contributed by atoms with Crippen LogP contribution < -0.4 is 4.90 Å². The number of aromatic nitrogens is 1. The van der Waals surface area contributed by atoms with Crippen LogP contribution in [0.1, 0.15) is 24.8 Å². The van der Waals surface area contributed by atoms with Gasteiger partial charge in [-0.3, -0.25) is 4.98 Å². The Balaban J connectivity index is 2.05. The standard InChI is InChI=1S/C12H18N2O/c1-14(8-10-3-2-4-10)12-7-13-6-5-11(12)9-15/h5-7,10,15H,2-4,8-9H2,1H3. The molecule has 0 aromatic carbocycles. The van der Waals surface area contributed by atoms with E-state index in [1.807, 2.05) is 12.3 Å². The summed E-state index contributed by atoms with van der Waals surface area (Å²) >= 11 is 0. The Labute approximate surface area is 90.8 Å². The lowest BCUT2D eigenvalue weighted by Crippen LogP contribution is -2.30. The highest BCUT2D eigenvalue weighted by Gasteiger charge is 2.20. The van der Waals surface area contributed by atoms with Crippen LogP contribution in [0.25, 0.3) is 0 Å². The van der Waals surface area contributed by atoms with Crippen LogP contribution in [-0.4, -0.2) is 23.7 Å². The van der Waals surface area contributed by atoms with Gasteiger partial charge in [-0.15, -0.1) is 0 Å². The molecule has 0 unspecified atom stereocenters. The van der Waals surface area contributed by atoms with E-state index < -0.39 is 0 Å². The van der Waals surface area contributed by atoms with E-state index in [1.54, 1.807) is 6.20 Å². The molecule has 0 radical (unpaired) electrons. The van der Waals surface area contributed by atoms with Crippen molar-refractivity contribution in [2.24, 2.45) is 5.92 Å². The predicted molar refractivity (Wildman–Crippen MR) is 60.8 cm³/mol. The lowest BCUT2D eigenvalue weighted by Gasteiger charge is -2.31. The Hall–Kier alpha value is -1.09. The molecule has 0 bridgehead atoms. The molecule has 0 spiro atoms. The number of nitrogens with zero attached hydrogens (tertiary/aromatic N) is 2. The van der Waals surface area contributed by atoms with Crippen LogP contribution in [0.15, 0.2) is 18.5 Å². The lowest BCUT2D eigenvalue weighted by atomic mass is 9.85. The van der Waals surface area contributed by atoms with Crippen LogP contribution in [-0.2, 0) is 6.61 Å². The van der Waals surface area contributed by atoms with Crippen molar-refractivity contribution in [3.05, 3.63) is 24.0 Å². The fourth-order valence-electron chi connectivity index (χ4n) is 2.05. The first-order valence-corrected chi connectivity index (χ1v) is 5.56. The average Bonchev–Trinajstić information content (AvgIpc) is 2.23. The Morgan fingerprint density at radius 1 is 1.53 bits per heavy atom. The highest BCUT2D eigenvalue weighted by atomic mass is 16.3. The molecular weight excluding hydrogens is 188 g/mol. The third kappa shape index (κ3) is 2.29. The summed E-state index contributed by atoms with van der Waals surface area (Å²) < 4.78 is 0. The summed E-state index contributed by atoms with van der Waals surface area (Å²) in [6, 6.07) is 1.88. The van der Waals surface area contributed by atoms with Gasteiger partial charge in [-0.1, -0.05) is 6.42 Å². The molecule has 1 aliphatic rings. The molecule has 0 amide bonds. The number of aliphatic hydroxyl groups is 1. The summed E-state index contributed by atoms with van der Waals surface area (Å²) in [7, 11) is 2.08. The molecular formula is C12H18N2O. The average molecular weight is 206 g/mol. The Bertz CT molecular complexity index is 323. The summed E-state index contributed by atoms with van der Waals surface area (Å²) in [5.74, 6) is 0.835. The van der Waals surface area contributed by atoms with Crippen molar-refractivity contribution >= 4 is 5.69 Å². The zero-order valence-corrected chi connectivity index (χ0v) is 9.19. The number of rotatable bonds is 4. The van der Waals surface area contributed by atoms with Crippen LogP contribution in [0.4, 0.5) is 5.69 Å². The maximum atomic E-state index is 9.22. The molecule has 0 atom stereocenters. The van der Waals surface area contributed by atoms with Crippen LogP contribution in [0, 0.1) is 5.92 Å². The molecule has 1 aromatic heterocycles. The smallest absolute Gasteiger partial charge is 0.0703 e. The van der Waals surface area contributed by atoms with E-state index in [9.17, 15) is 5.11 Å². The number of aliphatic hydroxyl groups excluding tert-OH is 1. The molecule has 1 N–H and O–H groups in total. The zero-order valence-electron chi connectivity index (χ0n) is 9.19. The normalized spacial score (nSPS) is 16.1. The summed E-state index contributed by atoms with van der Waals surface area (Å²) in [6.45, 7) is 1.17. The summed E-state index contributed by atoms with van der Waals surface area (Å²) in [4.78, 5) is 6.32. The molecule has 0 saturated heterocycles. The molecule has 3 nitrogen and oxygen atoms in total. The molecule has 1 fully saturated rings. The minimum Gasteiger partial charge on any atom is -0.392 e. The first kappa shape index (κ1) is 10.4. The molecule has 82 valence electrons. The van der Waals surface area contributed by atoms with E-state index in [-0.39, 0.29) is 6.61 Å². The number of pyridine rings is 1. The van der Waals surface area contributed by atoms with E-state index >= 15 is 0 Å². The van der Waals surface area contributed by atoms with E-state index in [2.05, 4.69) is 16.9 Å². The second kappa shape index (κ2) is 4.62. The second-order valence-corrected chi connectivity index (χ2v) is 4.34. The second-order valence-electron chi connectivity index (χ2n) is 4.34. The van der Waals surface area contributed by atoms with Gasteiger partial charge in [0.1, 0.15) is 0 Å². The molecule has 2 rings (SSSR count). The van der Waals surface area contributed by atoms with E-state index in [4.69, 9.17) is 0 Å². The van der Waals surface area contributed by atoms with Crippen LogP contribution in [0.2, 0.25) is 0 Å². The van der Waals surface area contributed by atoms with Crippen molar-refractivity contribution in [1.82, 2.24) is 4.98 Å². The van der Waals surface area contributed by atoms with Gasteiger partial charge in [0.05, 0.1) is 18.5 Å². The molecule has 1 aliphatic carbocycles. The van der Waals surface area contributed by atoms with Crippen molar-refractivity contribution in [3.8, 4) is 0 Å². The van der Waals surface area contributed by atoms with E-state index in [0.717, 1.165) is 23.7 Å². The Kier molecular flexibility index (Phi) is 3.21. The number of hydrogen-bond donors (Lipinski definition) is 1. The monoisotopic (exact) mass is 206 g/mol. The van der Waals surface area contributed by atoms with Crippen LogP contribution in [0.3, 0.4) is 0 Å². The third-order valence-corrected chi connectivity index (χ3v) is 3.23. The molecule has 1 aromatic rings. The maximum Gasteiger partial charge on any atom is 0.0703 e. The minimum absolute atomic E-state index is 0.0901. The van der Waals surface area contributed by atoms with Crippen molar-refractivity contribution in [3.63, 3.8) is 0 Å². The number of hydrogen-bond acceptors (Lipinski definition) is 3. The molecule has 1 saturated carbocycles. The molecule has 3 heteroatoms. The van der Waals surface area contributed by atoms with Gasteiger partial charge in [0.15, 0.2) is 0 Å². The van der Waals surface area contributed by atoms with E-state index in [1.165, 1.54) is 19.3 Å². The SMILES string of the molecule is CN(CC1CCC1)c1cnccc1CO. The Morgan fingerprint density at radius 2 is 2.33 bits per heavy atom. The summed E-state index contributed by atoms with van der Waals surface area (Å²) in [6.07, 6.45) is 7.63. The van der Waals surface area contributed by atoms with Crippen molar-refractivity contribution < 1.29 is 5.11 Å². The van der Waals surface area contributed by atoms with Gasteiger partial charge in [-0.2, -0.15) is 0 Å². The fraction of sp³-hybridized carbons (Fsp3) is 0.583. The Morgan fingerprint density at radius 3 is 2.93 bits per heavy atom. The third-order valence-electron chi connectivity index (χ3n) is 3.23. The van der Waals surface area contributed by atoms with Crippen molar-refractivity contribution in [1.29, 1.82) is 0 Å². The molecule has 0 aliphatic heterocycles. The van der Waals surface area contributed by atoms with Gasteiger partial charge >= 0.3 is 0 Å². The first-order chi connectivity index (χ1) is 7.31. The first-order valence-electron chi connectivity index (χ1n) is 5.56. The summed E-state index contributed by atoms with van der Waals surface area (Å²) in [5, 5.41) is 9.22. The van der Waals surface area contributed by atoms with Gasteiger partial charge in [-0.25, -0.2) is 0 Å². The van der Waals surface area contributed by atoms with Crippen LogP contribution in [0.5, 0.6) is 0 Å². The minimum atomic E-state index is 0.0901. The van der Waals surface area contributed by atoms with Gasteiger partial charge in [0.2, 0.25) is 0 Å². The van der Waals surface area contributed by atoms with Crippen LogP contribution >= 0.6 is 0 Å². The molecule has 15 heavy (non-hydrogen) atoms. The number of anilines is 1. The summed E-state index contributed by atoms with van der Waals surface area (Å²) in [5.41, 5.74) is 2.03. The highest BCUT2D eigenvalue weighted by Crippen LogP contribution is 2.29. The van der Waals surface area contributed by atoms with Gasteiger partial charge < -0.3 is 10.0 Å².